The maximum absolute atomic E-state index is 12.6. The fraction of sp³-hybridized carbons (Fsp3) is 0.200. The molecule has 0 aliphatic rings. The number of nitrogens with one attached hydrogen (secondary N) is 1. The van der Waals surface area contributed by atoms with Gasteiger partial charge in [0, 0.05) is 24.7 Å². The van der Waals surface area contributed by atoms with Crippen LogP contribution in [-0.4, -0.2) is 5.91 Å². The molecule has 1 N–H and O–H groups in total. The minimum Gasteiger partial charge on any atom is -0.321 e. The lowest BCUT2D eigenvalue weighted by Crippen LogP contribution is -2.42. The van der Waals surface area contributed by atoms with Gasteiger partial charge in [0.15, 0.2) is 11.9 Å². The van der Waals surface area contributed by atoms with Gasteiger partial charge in [-0.3, -0.25) is 4.79 Å². The lowest BCUT2D eigenvalue weighted by Gasteiger charge is -2.09. The fourth-order valence-electron chi connectivity index (χ4n) is 1.87. The summed E-state index contributed by atoms with van der Waals surface area (Å²) in [6, 6.07) is 10.0. The Morgan fingerprint density at radius 1 is 1.19 bits per heavy atom. The highest BCUT2D eigenvalue weighted by molar-refractivity contribution is 5.89. The predicted molar refractivity (Wildman–Crippen MR) is 71.4 cm³/mol. The Kier molecular flexibility index (Phi) is 4.26. The first-order chi connectivity index (χ1) is 9.86. The highest BCUT2D eigenvalue weighted by Gasteiger charge is 2.30. The molecule has 0 unspecified atom stereocenters. The van der Waals surface area contributed by atoms with Crippen molar-refractivity contribution in [2.45, 2.75) is 19.6 Å². The number of nitrogens with zero attached hydrogens (tertiary/aromatic N) is 1. The number of aromatic nitrogens is 1. The Bertz CT molecular complexity index is 653. The molecule has 1 amide bonds. The van der Waals surface area contributed by atoms with Crippen LogP contribution in [0.15, 0.2) is 48.7 Å². The Morgan fingerprint density at radius 2 is 1.95 bits per heavy atom. The standard InChI is InChI=1S/C15H13F3N2O/c1-11-5-2-3-8-20(11)10-14(21)19-13-7-4-6-12(9-13)15(16,17)18/h2-9H,10H2,1H3/p+1. The molecule has 3 nitrogen and oxygen atoms in total. The molecule has 2 rings (SSSR count). The summed E-state index contributed by atoms with van der Waals surface area (Å²) < 4.78 is 39.5. The van der Waals surface area contributed by atoms with Crippen LogP contribution < -0.4 is 9.88 Å². The lowest BCUT2D eigenvalue weighted by molar-refractivity contribution is -0.690. The number of carbonyl (C=O) groups is 1. The normalized spacial score (nSPS) is 11.2. The molecule has 110 valence electrons. The van der Waals surface area contributed by atoms with Gasteiger partial charge in [0.1, 0.15) is 0 Å². The Morgan fingerprint density at radius 3 is 2.62 bits per heavy atom. The van der Waals surface area contributed by atoms with Gasteiger partial charge in [0.2, 0.25) is 6.54 Å². The number of carbonyl (C=O) groups excluding carboxylic acids is 1. The van der Waals surface area contributed by atoms with Crippen LogP contribution in [0.2, 0.25) is 0 Å². The Hall–Kier alpha value is -2.37. The third-order valence-corrected chi connectivity index (χ3v) is 2.96. The average molecular weight is 295 g/mol. The summed E-state index contributed by atoms with van der Waals surface area (Å²) in [6.07, 6.45) is -2.69. The number of pyridine rings is 1. The van der Waals surface area contributed by atoms with Gasteiger partial charge in [-0.1, -0.05) is 12.1 Å². The average Bonchev–Trinajstić information content (AvgIpc) is 2.41. The Labute approximate surface area is 120 Å². The molecule has 0 aliphatic carbocycles. The zero-order valence-electron chi connectivity index (χ0n) is 11.3. The van der Waals surface area contributed by atoms with E-state index in [0.29, 0.717) is 0 Å². The van der Waals surface area contributed by atoms with Crippen LogP contribution in [0, 0.1) is 6.92 Å². The third-order valence-electron chi connectivity index (χ3n) is 2.96. The van der Waals surface area contributed by atoms with E-state index in [2.05, 4.69) is 5.32 Å². The van der Waals surface area contributed by atoms with Gasteiger partial charge in [-0.15, -0.1) is 0 Å². The van der Waals surface area contributed by atoms with Crippen molar-refractivity contribution in [3.8, 4) is 0 Å². The molecule has 21 heavy (non-hydrogen) atoms. The van der Waals surface area contributed by atoms with Crippen LogP contribution in [0.4, 0.5) is 18.9 Å². The smallest absolute Gasteiger partial charge is 0.321 e. The molecular formula is C15H14F3N2O+. The number of aryl methyl sites for hydroxylation is 1. The predicted octanol–water partition coefficient (Wildman–Crippen LogP) is 2.94. The molecule has 0 spiro atoms. The van der Waals surface area contributed by atoms with Crippen LogP contribution >= 0.6 is 0 Å². The molecular weight excluding hydrogens is 281 g/mol. The molecule has 1 heterocycles. The van der Waals surface area contributed by atoms with E-state index in [1.165, 1.54) is 12.1 Å². The number of alkyl halides is 3. The molecule has 0 saturated carbocycles. The molecule has 1 aromatic heterocycles. The molecule has 0 aliphatic heterocycles. The fourth-order valence-corrected chi connectivity index (χ4v) is 1.87. The first kappa shape index (κ1) is 15.0. The lowest BCUT2D eigenvalue weighted by atomic mass is 10.2. The largest absolute Gasteiger partial charge is 0.416 e. The van der Waals surface area contributed by atoms with Crippen molar-refractivity contribution in [3.05, 3.63) is 59.9 Å². The molecule has 0 saturated heterocycles. The molecule has 0 radical (unpaired) electrons. The quantitative estimate of drug-likeness (QED) is 0.868. The summed E-state index contributed by atoms with van der Waals surface area (Å²) in [5.74, 6) is -0.381. The minimum atomic E-state index is -4.43. The zero-order valence-corrected chi connectivity index (χ0v) is 11.3. The first-order valence-corrected chi connectivity index (χ1v) is 6.28. The second kappa shape index (κ2) is 5.95. The summed E-state index contributed by atoms with van der Waals surface area (Å²) in [6.45, 7) is 1.89. The van der Waals surface area contributed by atoms with E-state index < -0.39 is 11.7 Å². The van der Waals surface area contributed by atoms with Crippen molar-refractivity contribution >= 4 is 11.6 Å². The number of amides is 1. The topological polar surface area (TPSA) is 33.0 Å². The third kappa shape index (κ3) is 4.05. The molecule has 0 bridgehead atoms. The summed E-state index contributed by atoms with van der Waals surface area (Å²) in [4.78, 5) is 11.9. The van der Waals surface area contributed by atoms with E-state index in [-0.39, 0.29) is 18.1 Å². The van der Waals surface area contributed by atoms with E-state index in [1.54, 1.807) is 16.8 Å². The maximum Gasteiger partial charge on any atom is 0.416 e. The zero-order chi connectivity index (χ0) is 15.5. The highest BCUT2D eigenvalue weighted by atomic mass is 19.4. The van der Waals surface area contributed by atoms with Crippen LogP contribution in [0.3, 0.4) is 0 Å². The summed E-state index contributed by atoms with van der Waals surface area (Å²) in [5, 5.41) is 2.47. The van der Waals surface area contributed by atoms with Crippen molar-refractivity contribution in [3.63, 3.8) is 0 Å². The van der Waals surface area contributed by atoms with Gasteiger partial charge in [-0.25, -0.2) is 0 Å². The number of hydrogen-bond acceptors (Lipinski definition) is 1. The maximum atomic E-state index is 12.6. The molecule has 6 heteroatoms. The van der Waals surface area contributed by atoms with Crippen LogP contribution in [-0.2, 0) is 17.5 Å². The number of rotatable bonds is 3. The van der Waals surface area contributed by atoms with E-state index >= 15 is 0 Å². The van der Waals surface area contributed by atoms with Crippen molar-refractivity contribution < 1.29 is 22.5 Å². The van der Waals surface area contributed by atoms with Gasteiger partial charge in [0.05, 0.1) is 5.56 Å². The van der Waals surface area contributed by atoms with Crippen LogP contribution in [0.5, 0.6) is 0 Å². The van der Waals surface area contributed by atoms with Gasteiger partial charge < -0.3 is 5.32 Å². The summed E-state index contributed by atoms with van der Waals surface area (Å²) in [7, 11) is 0. The van der Waals surface area contributed by atoms with Crippen molar-refractivity contribution in [2.75, 3.05) is 5.32 Å². The van der Waals surface area contributed by atoms with Crippen molar-refractivity contribution in [2.24, 2.45) is 0 Å². The molecule has 2 aromatic rings. The van der Waals surface area contributed by atoms with Gasteiger partial charge in [-0.05, 0) is 18.2 Å². The molecule has 1 aromatic carbocycles. The second-order valence-electron chi connectivity index (χ2n) is 4.60. The minimum absolute atomic E-state index is 0.0446. The van der Waals surface area contributed by atoms with Crippen LogP contribution in [0.25, 0.3) is 0 Å². The van der Waals surface area contributed by atoms with E-state index in [0.717, 1.165) is 17.8 Å². The van der Waals surface area contributed by atoms with Gasteiger partial charge in [-0.2, -0.15) is 17.7 Å². The van der Waals surface area contributed by atoms with E-state index in [4.69, 9.17) is 0 Å². The van der Waals surface area contributed by atoms with E-state index in [1.807, 2.05) is 19.1 Å². The monoisotopic (exact) mass is 295 g/mol. The number of benzene rings is 1. The second-order valence-corrected chi connectivity index (χ2v) is 4.60. The van der Waals surface area contributed by atoms with Crippen molar-refractivity contribution in [1.29, 1.82) is 0 Å². The molecule has 0 atom stereocenters. The number of anilines is 1. The summed E-state index contributed by atoms with van der Waals surface area (Å²) >= 11 is 0. The molecule has 0 fully saturated rings. The number of hydrogen-bond donors (Lipinski definition) is 1. The first-order valence-electron chi connectivity index (χ1n) is 6.28. The van der Waals surface area contributed by atoms with Gasteiger partial charge >= 0.3 is 6.18 Å². The highest BCUT2D eigenvalue weighted by Crippen LogP contribution is 2.30. The Balaban J connectivity index is 2.08. The van der Waals surface area contributed by atoms with E-state index in [9.17, 15) is 18.0 Å². The number of halogens is 3. The van der Waals surface area contributed by atoms with Gasteiger partial charge in [0.25, 0.3) is 5.91 Å². The SMILES string of the molecule is Cc1cccc[n+]1CC(=O)Nc1cccc(C(F)(F)F)c1. The van der Waals surface area contributed by atoms with Crippen LogP contribution in [0.1, 0.15) is 11.3 Å². The van der Waals surface area contributed by atoms with Crippen molar-refractivity contribution in [1.82, 2.24) is 0 Å². The summed E-state index contributed by atoms with van der Waals surface area (Å²) in [5.41, 5.74) is 0.226.